The molecule has 0 N–H and O–H groups in total. The van der Waals surface area contributed by atoms with Crippen LogP contribution in [0, 0.1) is 12.8 Å². The molecule has 0 heteroatoms. The van der Waals surface area contributed by atoms with Crippen LogP contribution < -0.4 is 0 Å². The first-order valence-electron chi connectivity index (χ1n) is 8.50. The summed E-state index contributed by atoms with van der Waals surface area (Å²) >= 11 is 0. The smallest absolute Gasteiger partial charge is 0.00575 e. The lowest BCUT2D eigenvalue weighted by molar-refractivity contribution is 0.638. The van der Waals surface area contributed by atoms with E-state index in [9.17, 15) is 0 Å². The van der Waals surface area contributed by atoms with Crippen LogP contribution in [-0.4, -0.2) is 0 Å². The Morgan fingerprint density at radius 3 is 2.55 bits per heavy atom. The molecule has 2 aromatic rings. The SMILES string of the molecule is CCc1ccccc1-c1c(C)ccc2c1C=C(CC(C)C)C2. The maximum absolute atomic E-state index is 2.46. The van der Waals surface area contributed by atoms with Gasteiger partial charge < -0.3 is 0 Å². The number of allylic oxidation sites excluding steroid dienone is 1. The molecule has 1 aliphatic rings. The molecule has 3 rings (SSSR count). The molecule has 0 fully saturated rings. The van der Waals surface area contributed by atoms with Crippen LogP contribution in [0.2, 0.25) is 0 Å². The third-order valence-electron chi connectivity index (χ3n) is 4.65. The molecule has 0 amide bonds. The second kappa shape index (κ2) is 6.12. The van der Waals surface area contributed by atoms with Gasteiger partial charge >= 0.3 is 0 Å². The van der Waals surface area contributed by atoms with Gasteiger partial charge in [0, 0.05) is 0 Å². The van der Waals surface area contributed by atoms with Gasteiger partial charge in [0.2, 0.25) is 0 Å². The molecule has 0 nitrogen and oxygen atoms in total. The number of fused-ring (bicyclic) bond motifs is 1. The number of aryl methyl sites for hydroxylation is 2. The number of rotatable bonds is 4. The van der Waals surface area contributed by atoms with E-state index in [-0.39, 0.29) is 0 Å². The minimum atomic E-state index is 0.730. The Bertz CT molecular complexity index is 717. The van der Waals surface area contributed by atoms with Crippen molar-refractivity contribution >= 4 is 6.08 Å². The van der Waals surface area contributed by atoms with E-state index in [1.807, 2.05) is 0 Å². The highest BCUT2D eigenvalue weighted by atomic mass is 14.2. The second-order valence-corrected chi connectivity index (χ2v) is 6.92. The summed E-state index contributed by atoms with van der Waals surface area (Å²) in [6.45, 7) is 9.11. The molecular weight excluding hydrogens is 264 g/mol. The Hall–Kier alpha value is -1.82. The van der Waals surface area contributed by atoms with Gasteiger partial charge in [-0.25, -0.2) is 0 Å². The van der Waals surface area contributed by atoms with Crippen LogP contribution >= 0.6 is 0 Å². The van der Waals surface area contributed by atoms with Crippen molar-refractivity contribution in [3.63, 3.8) is 0 Å². The van der Waals surface area contributed by atoms with Crippen molar-refractivity contribution in [1.82, 2.24) is 0 Å². The zero-order valence-corrected chi connectivity index (χ0v) is 14.2. The lowest BCUT2D eigenvalue weighted by Crippen LogP contribution is -1.95. The van der Waals surface area contributed by atoms with E-state index >= 15 is 0 Å². The van der Waals surface area contributed by atoms with Gasteiger partial charge in [0.05, 0.1) is 0 Å². The molecule has 0 aliphatic heterocycles. The highest BCUT2D eigenvalue weighted by Crippen LogP contribution is 2.39. The predicted octanol–water partition coefficient (Wildman–Crippen LogP) is 6.21. The number of benzene rings is 2. The van der Waals surface area contributed by atoms with Crippen LogP contribution in [0.25, 0.3) is 17.2 Å². The molecule has 0 bridgehead atoms. The summed E-state index contributed by atoms with van der Waals surface area (Å²) in [5.41, 5.74) is 10.3. The topological polar surface area (TPSA) is 0 Å². The van der Waals surface area contributed by atoms with Gasteiger partial charge in [-0.1, -0.05) is 68.8 Å². The van der Waals surface area contributed by atoms with Crippen LogP contribution in [0.1, 0.15) is 49.4 Å². The number of hydrogen-bond acceptors (Lipinski definition) is 0. The fraction of sp³-hybridized carbons (Fsp3) is 0.364. The zero-order chi connectivity index (χ0) is 15.7. The van der Waals surface area contributed by atoms with Crippen molar-refractivity contribution in [3.05, 3.63) is 64.2 Å². The van der Waals surface area contributed by atoms with Gasteiger partial charge in [0.25, 0.3) is 0 Å². The molecule has 0 unspecified atom stereocenters. The lowest BCUT2D eigenvalue weighted by atomic mass is 9.89. The van der Waals surface area contributed by atoms with E-state index in [1.54, 1.807) is 5.57 Å². The zero-order valence-electron chi connectivity index (χ0n) is 14.2. The summed E-state index contributed by atoms with van der Waals surface area (Å²) in [7, 11) is 0. The average Bonchev–Trinajstić information content (AvgIpc) is 2.88. The van der Waals surface area contributed by atoms with Crippen molar-refractivity contribution < 1.29 is 0 Å². The van der Waals surface area contributed by atoms with Crippen molar-refractivity contribution in [2.45, 2.75) is 47.0 Å². The van der Waals surface area contributed by atoms with Gasteiger partial charge in [-0.05, 0) is 65.5 Å². The maximum atomic E-state index is 2.46. The van der Waals surface area contributed by atoms with Crippen LogP contribution in [0.3, 0.4) is 0 Å². The molecule has 114 valence electrons. The molecule has 0 radical (unpaired) electrons. The Balaban J connectivity index is 2.14. The van der Waals surface area contributed by atoms with Crippen molar-refractivity contribution in [2.75, 3.05) is 0 Å². The van der Waals surface area contributed by atoms with E-state index < -0.39 is 0 Å². The molecule has 0 spiro atoms. The third kappa shape index (κ3) is 2.75. The summed E-state index contributed by atoms with van der Waals surface area (Å²) in [5, 5.41) is 0. The first-order valence-corrected chi connectivity index (χ1v) is 8.50. The highest BCUT2D eigenvalue weighted by Gasteiger charge is 2.19. The molecule has 0 aromatic heterocycles. The standard InChI is InChI=1S/C22H26/c1-5-18-8-6-7-9-20(18)22-16(4)10-11-19-13-17(12-15(2)3)14-21(19)22/h6-11,14-15H,5,12-13H2,1-4H3. The summed E-state index contributed by atoms with van der Waals surface area (Å²) in [6, 6.07) is 13.5. The van der Waals surface area contributed by atoms with E-state index in [0.717, 1.165) is 18.8 Å². The summed E-state index contributed by atoms with van der Waals surface area (Å²) in [6.07, 6.45) is 5.89. The molecule has 22 heavy (non-hydrogen) atoms. The van der Waals surface area contributed by atoms with E-state index in [1.165, 1.54) is 39.8 Å². The van der Waals surface area contributed by atoms with Crippen molar-refractivity contribution in [3.8, 4) is 11.1 Å². The van der Waals surface area contributed by atoms with Crippen LogP contribution in [0.5, 0.6) is 0 Å². The maximum Gasteiger partial charge on any atom is -0.00575 e. The first kappa shape index (κ1) is 15.1. The van der Waals surface area contributed by atoms with E-state index in [0.29, 0.717) is 0 Å². The lowest BCUT2D eigenvalue weighted by Gasteiger charge is -2.15. The predicted molar refractivity (Wildman–Crippen MR) is 97.1 cm³/mol. The van der Waals surface area contributed by atoms with Crippen LogP contribution in [0.15, 0.2) is 42.0 Å². The molecule has 1 aliphatic carbocycles. The van der Waals surface area contributed by atoms with Gasteiger partial charge in [-0.3, -0.25) is 0 Å². The largest absolute Gasteiger partial charge is 0.0649 e. The minimum Gasteiger partial charge on any atom is -0.0649 e. The Morgan fingerprint density at radius 2 is 1.82 bits per heavy atom. The summed E-state index contributed by atoms with van der Waals surface area (Å²) in [4.78, 5) is 0. The van der Waals surface area contributed by atoms with Crippen molar-refractivity contribution in [2.24, 2.45) is 5.92 Å². The third-order valence-corrected chi connectivity index (χ3v) is 4.65. The van der Waals surface area contributed by atoms with Crippen molar-refractivity contribution in [1.29, 1.82) is 0 Å². The monoisotopic (exact) mass is 290 g/mol. The Morgan fingerprint density at radius 1 is 1.05 bits per heavy atom. The van der Waals surface area contributed by atoms with Crippen LogP contribution in [-0.2, 0) is 12.8 Å². The summed E-state index contributed by atoms with van der Waals surface area (Å²) in [5.74, 6) is 0.730. The van der Waals surface area contributed by atoms with Gasteiger partial charge in [0.15, 0.2) is 0 Å². The minimum absolute atomic E-state index is 0.730. The molecule has 2 aromatic carbocycles. The van der Waals surface area contributed by atoms with E-state index in [4.69, 9.17) is 0 Å². The molecule has 0 saturated heterocycles. The molecule has 0 atom stereocenters. The quantitative estimate of drug-likeness (QED) is 0.628. The van der Waals surface area contributed by atoms with Gasteiger partial charge in [0.1, 0.15) is 0 Å². The second-order valence-electron chi connectivity index (χ2n) is 6.92. The summed E-state index contributed by atoms with van der Waals surface area (Å²) < 4.78 is 0. The van der Waals surface area contributed by atoms with Crippen LogP contribution in [0.4, 0.5) is 0 Å². The fourth-order valence-electron chi connectivity index (χ4n) is 3.68. The van der Waals surface area contributed by atoms with Gasteiger partial charge in [-0.15, -0.1) is 0 Å². The Kier molecular flexibility index (Phi) is 4.20. The number of hydrogen-bond donors (Lipinski definition) is 0. The van der Waals surface area contributed by atoms with E-state index in [2.05, 4.69) is 70.2 Å². The highest BCUT2D eigenvalue weighted by molar-refractivity contribution is 5.84. The molecule has 0 saturated carbocycles. The average molecular weight is 290 g/mol. The fourth-order valence-corrected chi connectivity index (χ4v) is 3.68. The molecule has 0 heterocycles. The Labute approximate surface area is 134 Å². The molecular formula is C22H26. The van der Waals surface area contributed by atoms with Gasteiger partial charge in [-0.2, -0.15) is 0 Å². The normalized spacial score (nSPS) is 13.4. The first-order chi connectivity index (χ1) is 10.6.